The first-order valence-corrected chi connectivity index (χ1v) is 7.85. The molecule has 1 aliphatic rings. The Bertz CT molecular complexity index is 308. The molecule has 1 rings (SSSR count). The predicted molar refractivity (Wildman–Crippen MR) is 76.1 cm³/mol. The highest BCUT2D eigenvalue weighted by molar-refractivity contribution is 7.99. The zero-order chi connectivity index (χ0) is 15.1. The van der Waals surface area contributed by atoms with E-state index in [2.05, 4.69) is 0 Å². The number of carbonyl (C=O) groups excluding carboxylic acids is 1. The summed E-state index contributed by atoms with van der Waals surface area (Å²) >= 11 is 1.70. The number of hydrogen-bond acceptors (Lipinski definition) is 7. The fraction of sp³-hybridized carbons (Fsp3) is 0.917. The van der Waals surface area contributed by atoms with E-state index in [4.69, 9.17) is 10.5 Å². The lowest BCUT2D eigenvalue weighted by Gasteiger charge is -2.41. The fourth-order valence-electron chi connectivity index (χ4n) is 2.05. The highest BCUT2D eigenvalue weighted by atomic mass is 32.2. The van der Waals surface area contributed by atoms with E-state index in [1.807, 2.05) is 0 Å². The highest BCUT2D eigenvalue weighted by Gasteiger charge is 2.41. The second-order valence-electron chi connectivity index (χ2n) is 4.74. The molecule has 0 aromatic carbocycles. The fourth-order valence-corrected chi connectivity index (χ4v) is 2.76. The maximum atomic E-state index is 11.7. The monoisotopic (exact) mass is 308 g/mol. The normalized spacial score (nSPS) is 30.2. The molecule has 0 saturated carbocycles. The van der Waals surface area contributed by atoms with Crippen LogP contribution in [0.4, 0.5) is 0 Å². The molecule has 20 heavy (non-hydrogen) atoms. The first-order chi connectivity index (χ1) is 9.49. The van der Waals surface area contributed by atoms with Gasteiger partial charge in [0.1, 0.15) is 18.3 Å². The van der Waals surface area contributed by atoms with Crippen molar-refractivity contribution >= 4 is 17.7 Å². The Balaban J connectivity index is 2.51. The number of ether oxygens (including phenoxy) is 1. The summed E-state index contributed by atoms with van der Waals surface area (Å²) in [7, 11) is 0. The van der Waals surface area contributed by atoms with E-state index in [9.17, 15) is 20.1 Å². The second kappa shape index (κ2) is 8.81. The van der Waals surface area contributed by atoms with Crippen LogP contribution in [0.2, 0.25) is 0 Å². The minimum absolute atomic E-state index is 0.103. The van der Waals surface area contributed by atoms with Crippen LogP contribution in [0.25, 0.3) is 0 Å². The van der Waals surface area contributed by atoms with E-state index in [0.717, 1.165) is 17.9 Å². The smallest absolute Gasteiger partial charge is 0.221 e. The molecular formula is C12H24N2O5S. The van der Waals surface area contributed by atoms with E-state index in [1.165, 1.54) is 11.8 Å². The van der Waals surface area contributed by atoms with E-state index in [0.29, 0.717) is 13.1 Å². The summed E-state index contributed by atoms with van der Waals surface area (Å²) in [6, 6.07) is 0. The van der Waals surface area contributed by atoms with Crippen molar-refractivity contribution in [2.24, 2.45) is 5.73 Å². The molecule has 0 radical (unpaired) electrons. The van der Waals surface area contributed by atoms with Crippen LogP contribution in [0.5, 0.6) is 0 Å². The van der Waals surface area contributed by atoms with Crippen molar-refractivity contribution < 1.29 is 24.9 Å². The molecule has 4 atom stereocenters. The van der Waals surface area contributed by atoms with Gasteiger partial charge in [-0.2, -0.15) is 11.8 Å². The van der Waals surface area contributed by atoms with Crippen LogP contribution in [-0.2, 0) is 9.53 Å². The quantitative estimate of drug-likeness (QED) is 0.417. The van der Waals surface area contributed by atoms with Crippen LogP contribution >= 0.6 is 11.8 Å². The van der Waals surface area contributed by atoms with Crippen molar-refractivity contribution in [2.75, 3.05) is 31.2 Å². The number of amides is 1. The third kappa shape index (κ3) is 4.87. The summed E-state index contributed by atoms with van der Waals surface area (Å²) in [5.41, 5.74) is 5.39. The highest BCUT2D eigenvalue weighted by Crippen LogP contribution is 2.19. The lowest BCUT2D eigenvalue weighted by atomic mass is 10.0. The summed E-state index contributed by atoms with van der Waals surface area (Å²) in [5.74, 6) is 1.49. The molecule has 0 aromatic heterocycles. The molecule has 1 heterocycles. The van der Waals surface area contributed by atoms with Crippen molar-refractivity contribution in [1.82, 2.24) is 4.90 Å². The number of thioether (sulfide) groups is 1. The molecule has 0 bridgehead atoms. The molecule has 7 nitrogen and oxygen atoms in total. The lowest BCUT2D eigenvalue weighted by molar-refractivity contribution is -0.227. The summed E-state index contributed by atoms with van der Waals surface area (Å²) in [6.07, 6.45) is -3.91. The van der Waals surface area contributed by atoms with Gasteiger partial charge in [0.05, 0.1) is 6.61 Å². The molecule has 5 N–H and O–H groups in total. The Morgan fingerprint density at radius 3 is 2.65 bits per heavy atom. The summed E-state index contributed by atoms with van der Waals surface area (Å²) in [6.45, 7) is 2.34. The average Bonchev–Trinajstić information content (AvgIpc) is 2.41. The molecule has 8 heteroatoms. The van der Waals surface area contributed by atoms with E-state index in [-0.39, 0.29) is 12.5 Å². The molecule has 118 valence electrons. The zero-order valence-corrected chi connectivity index (χ0v) is 12.5. The van der Waals surface area contributed by atoms with E-state index in [1.54, 1.807) is 11.8 Å². The number of hydrogen-bond donors (Lipinski definition) is 4. The molecule has 0 spiro atoms. The number of aliphatic hydroxyl groups excluding tert-OH is 3. The molecular weight excluding hydrogens is 284 g/mol. The summed E-state index contributed by atoms with van der Waals surface area (Å²) < 4.78 is 5.29. The minimum atomic E-state index is -1.31. The molecule has 0 aromatic rings. The number of nitrogens with two attached hydrogens (primary N) is 1. The summed E-state index contributed by atoms with van der Waals surface area (Å²) in [5, 5.41) is 29.0. The van der Waals surface area contributed by atoms with Gasteiger partial charge in [0.25, 0.3) is 0 Å². The minimum Gasteiger partial charge on any atom is -0.388 e. The van der Waals surface area contributed by atoms with E-state index >= 15 is 0 Å². The molecule has 2 unspecified atom stereocenters. The Kier molecular flexibility index (Phi) is 7.78. The van der Waals surface area contributed by atoms with Gasteiger partial charge in [-0.15, -0.1) is 0 Å². The van der Waals surface area contributed by atoms with Crippen LogP contribution in [0.3, 0.4) is 0 Å². The van der Waals surface area contributed by atoms with Gasteiger partial charge in [-0.25, -0.2) is 0 Å². The number of nitrogens with zero attached hydrogens (tertiary/aromatic N) is 1. The van der Waals surface area contributed by atoms with Crippen molar-refractivity contribution in [2.45, 2.75) is 37.9 Å². The van der Waals surface area contributed by atoms with Gasteiger partial charge < -0.3 is 30.7 Å². The Hall–Kier alpha value is -0.380. The van der Waals surface area contributed by atoms with Gasteiger partial charge in [-0.3, -0.25) is 4.79 Å². The molecule has 0 aliphatic carbocycles. The lowest BCUT2D eigenvalue weighted by Crippen LogP contribution is -2.60. The maximum Gasteiger partial charge on any atom is 0.221 e. The standard InChI is InChI=1S/C12H24N2O5S/c1-8(15)14(4-2-5-20-6-3-13)12-11(18)10(17)9(16)7-19-12/h9-12,16-18H,2-7,13H2,1H3/t9-,10?,11?,12-/m1/s1. The van der Waals surface area contributed by atoms with E-state index < -0.39 is 24.5 Å². The Morgan fingerprint density at radius 1 is 1.35 bits per heavy atom. The second-order valence-corrected chi connectivity index (χ2v) is 5.96. The van der Waals surface area contributed by atoms with Gasteiger partial charge in [-0.1, -0.05) is 0 Å². The largest absolute Gasteiger partial charge is 0.388 e. The molecule has 1 fully saturated rings. The van der Waals surface area contributed by atoms with Crippen LogP contribution in [-0.4, -0.2) is 81.9 Å². The SMILES string of the molecule is CC(=O)N(CCCSCCN)[C@@H]1OC[C@@H](O)C(O)C1O. The number of aliphatic hydroxyl groups is 3. The third-order valence-corrected chi connectivity index (χ3v) is 4.24. The van der Waals surface area contributed by atoms with Gasteiger partial charge >= 0.3 is 0 Å². The Morgan fingerprint density at radius 2 is 2.05 bits per heavy atom. The van der Waals surface area contributed by atoms with Crippen LogP contribution in [0, 0.1) is 0 Å². The summed E-state index contributed by atoms with van der Waals surface area (Å²) in [4.78, 5) is 13.1. The van der Waals surface area contributed by atoms with Crippen LogP contribution in [0.1, 0.15) is 13.3 Å². The first kappa shape index (κ1) is 17.7. The molecule has 1 saturated heterocycles. The first-order valence-electron chi connectivity index (χ1n) is 6.69. The molecule has 1 amide bonds. The van der Waals surface area contributed by atoms with Gasteiger partial charge in [0.15, 0.2) is 6.23 Å². The number of carbonyl (C=O) groups is 1. The van der Waals surface area contributed by atoms with Gasteiger partial charge in [0.2, 0.25) is 5.91 Å². The van der Waals surface area contributed by atoms with Gasteiger partial charge in [0, 0.05) is 25.8 Å². The van der Waals surface area contributed by atoms with Crippen LogP contribution in [0.15, 0.2) is 0 Å². The average molecular weight is 308 g/mol. The van der Waals surface area contributed by atoms with Crippen molar-refractivity contribution in [3.63, 3.8) is 0 Å². The number of rotatable bonds is 7. The van der Waals surface area contributed by atoms with Crippen molar-refractivity contribution in [3.8, 4) is 0 Å². The van der Waals surface area contributed by atoms with Crippen molar-refractivity contribution in [3.05, 3.63) is 0 Å². The van der Waals surface area contributed by atoms with Crippen LogP contribution < -0.4 is 5.73 Å². The zero-order valence-electron chi connectivity index (χ0n) is 11.6. The maximum absolute atomic E-state index is 11.7. The van der Waals surface area contributed by atoms with Crippen molar-refractivity contribution in [1.29, 1.82) is 0 Å². The third-order valence-electron chi connectivity index (χ3n) is 3.14. The predicted octanol–water partition coefficient (Wildman–Crippen LogP) is -1.64. The molecule has 1 aliphatic heterocycles. The van der Waals surface area contributed by atoms with Gasteiger partial charge in [-0.05, 0) is 12.2 Å². The Labute approximate surface area is 123 Å². The topological polar surface area (TPSA) is 116 Å².